The van der Waals surface area contributed by atoms with Gasteiger partial charge in [-0.25, -0.2) is 0 Å². The molecule has 0 unspecified atom stereocenters. The van der Waals surface area contributed by atoms with Crippen LogP contribution in [0.4, 0.5) is 5.69 Å². The number of pyridine rings is 1. The normalized spacial score (nSPS) is 19.6. The maximum Gasteiger partial charge on any atom is 0.174 e. The minimum atomic E-state index is -0.119. The highest BCUT2D eigenvalue weighted by Gasteiger charge is 2.42. The Morgan fingerprint density at radius 3 is 2.34 bits per heavy atom. The molecule has 0 amide bonds. The third-order valence-electron chi connectivity index (χ3n) is 7.71. The van der Waals surface area contributed by atoms with Crippen molar-refractivity contribution in [1.29, 1.82) is 0 Å². The van der Waals surface area contributed by atoms with Crippen molar-refractivity contribution in [3.05, 3.63) is 102 Å². The Kier molecular flexibility index (Phi) is 6.54. The van der Waals surface area contributed by atoms with Crippen LogP contribution in [0.15, 0.2) is 79.0 Å². The van der Waals surface area contributed by atoms with E-state index >= 15 is 0 Å². The summed E-state index contributed by atoms with van der Waals surface area (Å²) in [6.07, 6.45) is 6.90. The summed E-state index contributed by atoms with van der Waals surface area (Å²) in [6, 6.07) is 23.7. The maximum absolute atomic E-state index is 9.82. The molecular formula is C31H32N4O2S. The van der Waals surface area contributed by atoms with Crippen LogP contribution in [0.2, 0.25) is 0 Å². The number of aromatic hydroxyl groups is 1. The lowest BCUT2D eigenvalue weighted by atomic mass is 9.96. The third-order valence-corrected chi connectivity index (χ3v) is 8.03. The van der Waals surface area contributed by atoms with E-state index in [1.54, 1.807) is 12.1 Å². The fourth-order valence-corrected chi connectivity index (χ4v) is 6.26. The number of phenols is 1. The largest absolute Gasteiger partial charge is 0.508 e. The predicted octanol–water partition coefficient (Wildman–Crippen LogP) is 6.69. The molecule has 2 aromatic carbocycles. The summed E-state index contributed by atoms with van der Waals surface area (Å²) in [5, 5.41) is 14.1. The van der Waals surface area contributed by atoms with Crippen LogP contribution in [0.1, 0.15) is 60.4 Å². The van der Waals surface area contributed by atoms with E-state index in [0.717, 1.165) is 47.0 Å². The van der Waals surface area contributed by atoms with Gasteiger partial charge in [-0.15, -0.1) is 0 Å². The predicted molar refractivity (Wildman–Crippen MR) is 154 cm³/mol. The van der Waals surface area contributed by atoms with Gasteiger partial charge in [0.05, 0.1) is 23.9 Å². The fourth-order valence-electron chi connectivity index (χ4n) is 5.92. The number of benzene rings is 2. The summed E-state index contributed by atoms with van der Waals surface area (Å²) < 4.78 is 8.44. The van der Waals surface area contributed by atoms with E-state index < -0.39 is 0 Å². The molecule has 2 N–H and O–H groups in total. The summed E-state index contributed by atoms with van der Waals surface area (Å²) in [6.45, 7) is 4.25. The van der Waals surface area contributed by atoms with Crippen LogP contribution in [0.5, 0.6) is 11.5 Å². The van der Waals surface area contributed by atoms with E-state index in [0.29, 0.717) is 11.2 Å². The number of ether oxygens (including phenoxy) is 1. The number of hydrogen-bond donors (Lipinski definition) is 2. The van der Waals surface area contributed by atoms with Gasteiger partial charge in [-0.05, 0) is 124 Å². The average Bonchev–Trinajstić information content (AvgIpc) is 3.64. The van der Waals surface area contributed by atoms with Gasteiger partial charge in [-0.1, -0.05) is 6.07 Å². The summed E-state index contributed by atoms with van der Waals surface area (Å²) in [4.78, 5) is 6.90. The van der Waals surface area contributed by atoms with Crippen molar-refractivity contribution in [2.45, 2.75) is 57.7 Å². The standard InChI is InChI=1S/C31H32N4O2S/c1-20-19-27(21(2)34(20)22-10-14-24(36)15-11-22)30-29(28-9-5-6-18-32-28)33-31(38)35(30)23-12-16-26(17-13-23)37-25-7-3-4-8-25/h5-6,9-19,25,29-30,36H,3-4,7-8H2,1-2H3,(H,33,38)/t29-,30+/m0/s1. The fraction of sp³-hybridized carbons (Fsp3) is 0.290. The van der Waals surface area contributed by atoms with Crippen LogP contribution in [0.3, 0.4) is 0 Å². The van der Waals surface area contributed by atoms with E-state index in [4.69, 9.17) is 21.9 Å². The Morgan fingerprint density at radius 2 is 1.66 bits per heavy atom. The number of aryl methyl sites for hydroxylation is 1. The van der Waals surface area contributed by atoms with Crippen molar-refractivity contribution >= 4 is 23.0 Å². The second kappa shape index (κ2) is 10.1. The Hall–Kier alpha value is -3.84. The van der Waals surface area contributed by atoms with E-state index in [1.807, 2.05) is 30.5 Å². The number of phenolic OH excluding ortho intramolecular Hbond substituents is 1. The van der Waals surface area contributed by atoms with Gasteiger partial charge in [0.1, 0.15) is 11.5 Å². The van der Waals surface area contributed by atoms with Gasteiger partial charge in [-0.2, -0.15) is 0 Å². The molecule has 0 spiro atoms. The molecule has 1 aliphatic carbocycles. The van der Waals surface area contributed by atoms with Crippen LogP contribution < -0.4 is 15.0 Å². The molecule has 3 heterocycles. The Bertz CT molecular complexity index is 1430. The van der Waals surface area contributed by atoms with E-state index in [1.165, 1.54) is 18.4 Å². The first-order valence-corrected chi connectivity index (χ1v) is 13.7. The van der Waals surface area contributed by atoms with E-state index in [9.17, 15) is 5.11 Å². The average molecular weight is 525 g/mol. The molecule has 6 nitrogen and oxygen atoms in total. The van der Waals surface area contributed by atoms with Gasteiger partial charge in [0.25, 0.3) is 0 Å². The Morgan fingerprint density at radius 1 is 0.947 bits per heavy atom. The molecule has 1 aliphatic heterocycles. The lowest BCUT2D eigenvalue weighted by molar-refractivity contribution is 0.210. The van der Waals surface area contributed by atoms with Gasteiger partial charge in [0, 0.05) is 29.0 Å². The number of anilines is 1. The first-order chi connectivity index (χ1) is 18.5. The zero-order chi connectivity index (χ0) is 26.2. The van der Waals surface area contributed by atoms with Crippen LogP contribution in [0, 0.1) is 13.8 Å². The molecule has 2 fully saturated rings. The van der Waals surface area contributed by atoms with E-state index in [-0.39, 0.29) is 17.8 Å². The van der Waals surface area contributed by atoms with Crippen molar-refractivity contribution < 1.29 is 9.84 Å². The van der Waals surface area contributed by atoms with Crippen LogP contribution in [0.25, 0.3) is 5.69 Å². The Balaban J connectivity index is 1.41. The molecule has 1 saturated carbocycles. The first-order valence-electron chi connectivity index (χ1n) is 13.3. The summed E-state index contributed by atoms with van der Waals surface area (Å²) >= 11 is 5.94. The van der Waals surface area contributed by atoms with Gasteiger partial charge >= 0.3 is 0 Å². The van der Waals surface area contributed by atoms with Gasteiger partial charge < -0.3 is 24.6 Å². The van der Waals surface area contributed by atoms with Gasteiger partial charge in [0.15, 0.2) is 5.11 Å². The molecule has 1 saturated heterocycles. The zero-order valence-electron chi connectivity index (χ0n) is 21.7. The molecule has 2 aliphatic rings. The number of hydrogen-bond acceptors (Lipinski definition) is 4. The summed E-state index contributed by atoms with van der Waals surface area (Å²) in [7, 11) is 0. The molecule has 0 bridgehead atoms. The highest BCUT2D eigenvalue weighted by Crippen LogP contribution is 2.44. The van der Waals surface area contributed by atoms with Gasteiger partial charge in [0.2, 0.25) is 0 Å². The van der Waals surface area contributed by atoms with Crippen LogP contribution in [-0.4, -0.2) is 25.9 Å². The molecule has 6 rings (SSSR count). The van der Waals surface area contributed by atoms with Gasteiger partial charge in [-0.3, -0.25) is 4.98 Å². The highest BCUT2D eigenvalue weighted by molar-refractivity contribution is 7.80. The first kappa shape index (κ1) is 24.5. The quantitative estimate of drug-likeness (QED) is 0.274. The zero-order valence-corrected chi connectivity index (χ0v) is 22.5. The molecule has 4 aromatic rings. The number of rotatable bonds is 6. The van der Waals surface area contributed by atoms with Crippen molar-refractivity contribution in [2.24, 2.45) is 0 Å². The van der Waals surface area contributed by atoms with Crippen LogP contribution in [-0.2, 0) is 0 Å². The topological polar surface area (TPSA) is 62.5 Å². The van der Waals surface area contributed by atoms with Crippen molar-refractivity contribution in [2.75, 3.05) is 4.90 Å². The number of thiocarbonyl (C=S) groups is 1. The third kappa shape index (κ3) is 4.52. The van der Waals surface area contributed by atoms with E-state index in [2.05, 4.69) is 65.0 Å². The number of nitrogens with one attached hydrogen (secondary N) is 1. The maximum atomic E-state index is 9.82. The number of nitrogens with zero attached hydrogens (tertiary/aromatic N) is 3. The second-order valence-corrected chi connectivity index (χ2v) is 10.6. The Labute approximate surface area is 228 Å². The summed E-state index contributed by atoms with van der Waals surface area (Å²) in [5.74, 6) is 1.16. The molecule has 0 radical (unpaired) electrons. The lowest BCUT2D eigenvalue weighted by Gasteiger charge is -2.28. The lowest BCUT2D eigenvalue weighted by Crippen LogP contribution is -2.29. The molecular weight excluding hydrogens is 492 g/mol. The molecule has 194 valence electrons. The molecule has 38 heavy (non-hydrogen) atoms. The molecule has 2 atom stereocenters. The minimum absolute atomic E-state index is 0.101. The van der Waals surface area contributed by atoms with Crippen molar-refractivity contribution in [3.8, 4) is 17.2 Å². The highest BCUT2D eigenvalue weighted by atomic mass is 32.1. The molecule has 7 heteroatoms. The summed E-state index contributed by atoms with van der Waals surface area (Å²) in [5.41, 5.74) is 6.37. The monoisotopic (exact) mass is 524 g/mol. The SMILES string of the molecule is Cc1cc([C@@H]2[C@H](c3ccccn3)NC(=S)N2c2ccc(OC3CCCC3)cc2)c(C)n1-c1ccc(O)cc1. The smallest absolute Gasteiger partial charge is 0.174 e. The second-order valence-electron chi connectivity index (χ2n) is 10.2. The van der Waals surface area contributed by atoms with Crippen LogP contribution >= 0.6 is 12.2 Å². The molecule has 2 aromatic heterocycles. The number of aromatic nitrogens is 2. The minimum Gasteiger partial charge on any atom is -0.508 e. The van der Waals surface area contributed by atoms with Crippen molar-refractivity contribution in [3.63, 3.8) is 0 Å². The van der Waals surface area contributed by atoms with Crippen molar-refractivity contribution in [1.82, 2.24) is 14.9 Å².